The maximum absolute atomic E-state index is 11.6. The van der Waals surface area contributed by atoms with Crippen molar-refractivity contribution in [3.63, 3.8) is 0 Å². The van der Waals surface area contributed by atoms with E-state index in [9.17, 15) is 8.42 Å². The molecule has 0 aromatic carbocycles. The summed E-state index contributed by atoms with van der Waals surface area (Å²) in [7, 11) is -1.86. The first-order valence-electron chi connectivity index (χ1n) is 4.63. The van der Waals surface area contributed by atoms with Crippen molar-refractivity contribution in [2.75, 3.05) is 7.05 Å². The Balaban J connectivity index is 2.58. The van der Waals surface area contributed by atoms with Crippen LogP contribution in [-0.2, 0) is 16.8 Å². The van der Waals surface area contributed by atoms with Crippen LogP contribution in [0.15, 0.2) is 12.5 Å². The van der Waals surface area contributed by atoms with Crippen molar-refractivity contribution < 1.29 is 8.42 Å². The van der Waals surface area contributed by atoms with Gasteiger partial charge in [0, 0.05) is 25.0 Å². The van der Waals surface area contributed by atoms with Crippen LogP contribution < -0.4 is 4.72 Å². The third kappa shape index (κ3) is 3.29. The highest BCUT2D eigenvalue weighted by Crippen LogP contribution is 2.01. The molecule has 0 aliphatic carbocycles. The lowest BCUT2D eigenvalue weighted by Gasteiger charge is -2.20. The van der Waals surface area contributed by atoms with Crippen LogP contribution in [0.25, 0.3) is 0 Å². The van der Waals surface area contributed by atoms with Crippen molar-refractivity contribution in [2.24, 2.45) is 0 Å². The zero-order chi connectivity index (χ0) is 11.5. The summed E-state index contributed by atoms with van der Waals surface area (Å²) in [5.74, 6) is 0. The minimum atomic E-state index is -3.40. The van der Waals surface area contributed by atoms with Crippen molar-refractivity contribution >= 4 is 10.2 Å². The number of hydrogen-bond acceptors (Lipinski definition) is 3. The van der Waals surface area contributed by atoms with Crippen LogP contribution in [0.4, 0.5) is 0 Å². The molecule has 1 aromatic heterocycles. The predicted octanol–water partition coefficient (Wildman–Crippen LogP) is 0.0843. The van der Waals surface area contributed by atoms with E-state index in [1.807, 2.05) is 13.8 Å². The van der Waals surface area contributed by atoms with E-state index >= 15 is 0 Å². The fourth-order valence-corrected chi connectivity index (χ4v) is 2.03. The molecule has 2 N–H and O–H groups in total. The Morgan fingerprint density at radius 3 is 2.73 bits per heavy atom. The van der Waals surface area contributed by atoms with Gasteiger partial charge in [-0.2, -0.15) is 17.4 Å². The molecule has 1 rings (SSSR count). The summed E-state index contributed by atoms with van der Waals surface area (Å²) in [5, 5.41) is 0. The van der Waals surface area contributed by atoms with Gasteiger partial charge in [-0.15, -0.1) is 0 Å². The molecule has 7 heteroatoms. The summed E-state index contributed by atoms with van der Waals surface area (Å²) in [4.78, 5) is 6.62. The van der Waals surface area contributed by atoms with Crippen molar-refractivity contribution in [1.82, 2.24) is 19.0 Å². The summed E-state index contributed by atoms with van der Waals surface area (Å²) in [6, 6.07) is -0.0655. The number of H-pyrrole nitrogens is 1. The monoisotopic (exact) mass is 232 g/mol. The number of hydrogen-bond donors (Lipinski definition) is 2. The molecule has 0 unspecified atom stereocenters. The molecule has 0 atom stereocenters. The van der Waals surface area contributed by atoms with Crippen LogP contribution in [0.2, 0.25) is 0 Å². The van der Waals surface area contributed by atoms with Crippen LogP contribution in [-0.4, -0.2) is 35.8 Å². The van der Waals surface area contributed by atoms with Crippen molar-refractivity contribution in [3.8, 4) is 0 Å². The Bertz CT molecular complexity index is 385. The second kappa shape index (κ2) is 4.73. The molecule has 6 nitrogen and oxygen atoms in total. The second-order valence-corrected chi connectivity index (χ2v) is 5.33. The van der Waals surface area contributed by atoms with E-state index in [1.54, 1.807) is 13.2 Å². The van der Waals surface area contributed by atoms with Gasteiger partial charge in [-0.25, -0.2) is 4.98 Å². The van der Waals surface area contributed by atoms with E-state index in [2.05, 4.69) is 14.7 Å². The van der Waals surface area contributed by atoms with Gasteiger partial charge in [0.05, 0.1) is 12.9 Å². The number of nitrogens with zero attached hydrogens (tertiary/aromatic N) is 2. The maximum atomic E-state index is 11.6. The lowest BCUT2D eigenvalue weighted by atomic mass is 10.4. The molecule has 0 spiro atoms. The van der Waals surface area contributed by atoms with E-state index in [-0.39, 0.29) is 12.6 Å². The van der Waals surface area contributed by atoms with Crippen LogP contribution >= 0.6 is 0 Å². The number of aromatic nitrogens is 2. The molecular formula is C8H16N4O2S. The van der Waals surface area contributed by atoms with Crippen molar-refractivity contribution in [2.45, 2.75) is 26.4 Å². The van der Waals surface area contributed by atoms with Crippen molar-refractivity contribution in [1.29, 1.82) is 0 Å². The highest BCUT2D eigenvalue weighted by molar-refractivity contribution is 7.87. The van der Waals surface area contributed by atoms with Gasteiger partial charge in [0.15, 0.2) is 0 Å². The molecule has 0 aliphatic heterocycles. The molecule has 0 bridgehead atoms. The molecule has 0 aliphatic rings. The fraction of sp³-hybridized carbons (Fsp3) is 0.625. The van der Waals surface area contributed by atoms with E-state index in [4.69, 9.17) is 0 Å². The first-order chi connectivity index (χ1) is 6.93. The standard InChI is InChI=1S/C8H16N4O2S/c1-7(2)12(3)15(13,14)11-5-8-4-9-6-10-8/h4,6-7,11H,5H2,1-3H3,(H,9,10). The first-order valence-corrected chi connectivity index (χ1v) is 6.07. The van der Waals surface area contributed by atoms with Gasteiger partial charge in [-0.3, -0.25) is 0 Å². The zero-order valence-electron chi connectivity index (χ0n) is 9.06. The summed E-state index contributed by atoms with van der Waals surface area (Å²) in [6.07, 6.45) is 3.09. The molecule has 0 fully saturated rings. The predicted molar refractivity (Wildman–Crippen MR) is 57.2 cm³/mol. The molecule has 0 saturated heterocycles. The second-order valence-electron chi connectivity index (χ2n) is 3.51. The lowest BCUT2D eigenvalue weighted by molar-refractivity contribution is 0.402. The Kier molecular flexibility index (Phi) is 3.83. The molecule has 0 radical (unpaired) electrons. The molecule has 15 heavy (non-hydrogen) atoms. The molecule has 1 aromatic rings. The Morgan fingerprint density at radius 1 is 1.60 bits per heavy atom. The minimum Gasteiger partial charge on any atom is -0.347 e. The minimum absolute atomic E-state index is 0.0655. The molecule has 1 heterocycles. The maximum Gasteiger partial charge on any atom is 0.279 e. The van der Waals surface area contributed by atoms with Gasteiger partial charge in [0.1, 0.15) is 0 Å². The van der Waals surface area contributed by atoms with Gasteiger partial charge in [-0.1, -0.05) is 0 Å². The largest absolute Gasteiger partial charge is 0.347 e. The zero-order valence-corrected chi connectivity index (χ0v) is 9.87. The Labute approximate surface area is 89.9 Å². The van der Waals surface area contributed by atoms with Crippen molar-refractivity contribution in [3.05, 3.63) is 18.2 Å². The third-order valence-corrected chi connectivity index (χ3v) is 3.80. The summed E-state index contributed by atoms with van der Waals surface area (Å²) < 4.78 is 27.0. The number of nitrogens with one attached hydrogen (secondary N) is 2. The molecule has 0 amide bonds. The van der Waals surface area contributed by atoms with E-state index in [1.165, 1.54) is 10.6 Å². The Morgan fingerprint density at radius 2 is 2.27 bits per heavy atom. The van der Waals surface area contributed by atoms with E-state index < -0.39 is 10.2 Å². The van der Waals surface area contributed by atoms with E-state index in [0.717, 1.165) is 5.69 Å². The average Bonchev–Trinajstić information content (AvgIpc) is 2.66. The summed E-state index contributed by atoms with van der Waals surface area (Å²) in [6.45, 7) is 3.85. The average molecular weight is 232 g/mol. The number of imidazole rings is 1. The highest BCUT2D eigenvalue weighted by Gasteiger charge is 2.19. The topological polar surface area (TPSA) is 78.1 Å². The fourth-order valence-electron chi connectivity index (χ4n) is 0.930. The van der Waals surface area contributed by atoms with Crippen LogP contribution in [0.1, 0.15) is 19.5 Å². The molecular weight excluding hydrogens is 216 g/mol. The Hall–Kier alpha value is -0.920. The van der Waals surface area contributed by atoms with Gasteiger partial charge < -0.3 is 4.98 Å². The first kappa shape index (κ1) is 12.2. The number of rotatable bonds is 5. The summed E-state index contributed by atoms with van der Waals surface area (Å²) >= 11 is 0. The quantitative estimate of drug-likeness (QED) is 0.755. The van der Waals surface area contributed by atoms with Gasteiger partial charge in [0.25, 0.3) is 10.2 Å². The van der Waals surface area contributed by atoms with E-state index in [0.29, 0.717) is 0 Å². The van der Waals surface area contributed by atoms with Crippen LogP contribution in [0.5, 0.6) is 0 Å². The normalized spacial score (nSPS) is 12.6. The van der Waals surface area contributed by atoms with Crippen LogP contribution in [0, 0.1) is 0 Å². The molecule has 86 valence electrons. The van der Waals surface area contributed by atoms with Gasteiger partial charge in [0.2, 0.25) is 0 Å². The SMILES string of the molecule is CC(C)N(C)S(=O)(=O)NCc1cnc[nH]1. The lowest BCUT2D eigenvalue weighted by Crippen LogP contribution is -2.41. The highest BCUT2D eigenvalue weighted by atomic mass is 32.2. The number of aromatic amines is 1. The third-order valence-electron chi connectivity index (χ3n) is 2.11. The van der Waals surface area contributed by atoms with Crippen LogP contribution in [0.3, 0.4) is 0 Å². The smallest absolute Gasteiger partial charge is 0.279 e. The summed E-state index contributed by atoms with van der Waals surface area (Å²) in [5.41, 5.74) is 0.732. The van der Waals surface area contributed by atoms with Gasteiger partial charge >= 0.3 is 0 Å². The van der Waals surface area contributed by atoms with Gasteiger partial charge in [-0.05, 0) is 13.8 Å². The molecule has 0 saturated carbocycles.